The molecule has 2 rings (SSSR count). The summed E-state index contributed by atoms with van der Waals surface area (Å²) in [6.45, 7) is 0.341. The molecule has 106 valence electrons. The molecule has 0 amide bonds. The fourth-order valence-electron chi connectivity index (χ4n) is 1.85. The molecule has 0 radical (unpaired) electrons. The van der Waals surface area contributed by atoms with Crippen molar-refractivity contribution in [3.8, 4) is 5.75 Å². The summed E-state index contributed by atoms with van der Waals surface area (Å²) in [5.41, 5.74) is 1.84. The Morgan fingerprint density at radius 3 is 2.52 bits per heavy atom. The van der Waals surface area contributed by atoms with Gasteiger partial charge in [0, 0.05) is 6.08 Å². The lowest BCUT2D eigenvalue weighted by Gasteiger charge is -2.10. The molecule has 2 aromatic carbocycles. The molecule has 0 aliphatic carbocycles. The van der Waals surface area contributed by atoms with E-state index in [0.717, 1.165) is 11.6 Å². The van der Waals surface area contributed by atoms with Gasteiger partial charge in [0.1, 0.15) is 12.4 Å². The first-order chi connectivity index (χ1) is 10.2. The molecule has 0 unspecified atom stereocenters. The molecule has 4 heteroatoms. The lowest BCUT2D eigenvalue weighted by Crippen LogP contribution is -1.99. The van der Waals surface area contributed by atoms with E-state index in [9.17, 15) is 9.59 Å². The minimum atomic E-state index is -1.07. The molecule has 2 aromatic rings. The molecule has 0 aliphatic heterocycles. The number of hydrogen-bond donors (Lipinski definition) is 1. The molecule has 4 nitrogen and oxygen atoms in total. The fraction of sp³-hybridized carbons (Fsp3) is 0.0588. The predicted octanol–water partition coefficient (Wildman–Crippen LogP) is 3.18. The highest BCUT2D eigenvalue weighted by Gasteiger charge is 2.07. The van der Waals surface area contributed by atoms with Crippen LogP contribution in [0.5, 0.6) is 5.75 Å². The maximum absolute atomic E-state index is 11.2. The van der Waals surface area contributed by atoms with Gasteiger partial charge in [0.05, 0.1) is 5.56 Å². The molecule has 0 spiro atoms. The third-order valence-electron chi connectivity index (χ3n) is 2.86. The lowest BCUT2D eigenvalue weighted by molar-refractivity contribution is -0.131. The van der Waals surface area contributed by atoms with Crippen LogP contribution in [0.15, 0.2) is 54.6 Å². The van der Waals surface area contributed by atoms with Crippen molar-refractivity contribution in [3.05, 3.63) is 71.3 Å². The normalized spacial score (nSPS) is 10.5. The highest BCUT2D eigenvalue weighted by Crippen LogP contribution is 2.23. The van der Waals surface area contributed by atoms with Gasteiger partial charge in [-0.15, -0.1) is 0 Å². The molecule has 0 bridgehead atoms. The van der Waals surface area contributed by atoms with Gasteiger partial charge in [-0.1, -0.05) is 42.5 Å². The van der Waals surface area contributed by atoms with Gasteiger partial charge in [0.15, 0.2) is 6.29 Å². The second-order valence-corrected chi connectivity index (χ2v) is 4.32. The molecule has 0 heterocycles. The summed E-state index contributed by atoms with van der Waals surface area (Å²) in [7, 11) is 0. The van der Waals surface area contributed by atoms with E-state index in [0.29, 0.717) is 29.8 Å². The third-order valence-corrected chi connectivity index (χ3v) is 2.86. The molecule has 0 saturated heterocycles. The van der Waals surface area contributed by atoms with Crippen molar-refractivity contribution in [3.63, 3.8) is 0 Å². The highest BCUT2D eigenvalue weighted by molar-refractivity contribution is 5.90. The summed E-state index contributed by atoms with van der Waals surface area (Å²) in [4.78, 5) is 21.8. The van der Waals surface area contributed by atoms with Crippen molar-refractivity contribution in [1.29, 1.82) is 0 Å². The van der Waals surface area contributed by atoms with Crippen LogP contribution >= 0.6 is 0 Å². The summed E-state index contributed by atoms with van der Waals surface area (Å²) in [5, 5.41) is 8.65. The molecular weight excluding hydrogens is 268 g/mol. The van der Waals surface area contributed by atoms with Crippen LogP contribution in [-0.2, 0) is 11.4 Å². The quantitative estimate of drug-likeness (QED) is 0.653. The van der Waals surface area contributed by atoms with Crippen molar-refractivity contribution in [1.82, 2.24) is 0 Å². The number of hydrogen-bond acceptors (Lipinski definition) is 3. The number of ether oxygens (including phenoxy) is 1. The number of carboxylic acid groups (broad SMARTS) is 1. The summed E-state index contributed by atoms with van der Waals surface area (Å²) in [6, 6.07) is 14.6. The molecule has 0 saturated carbocycles. The zero-order valence-corrected chi connectivity index (χ0v) is 11.2. The minimum Gasteiger partial charge on any atom is -0.488 e. The van der Waals surface area contributed by atoms with Crippen LogP contribution in [0.1, 0.15) is 21.5 Å². The van der Waals surface area contributed by atoms with Crippen molar-refractivity contribution < 1.29 is 19.4 Å². The largest absolute Gasteiger partial charge is 0.488 e. The van der Waals surface area contributed by atoms with Crippen molar-refractivity contribution in [2.24, 2.45) is 0 Å². The van der Waals surface area contributed by atoms with Crippen molar-refractivity contribution >= 4 is 18.3 Å². The summed E-state index contributed by atoms with van der Waals surface area (Å²) >= 11 is 0. The Bertz CT molecular complexity index is 660. The minimum absolute atomic E-state index is 0.339. The predicted molar refractivity (Wildman–Crippen MR) is 79.3 cm³/mol. The van der Waals surface area contributed by atoms with E-state index >= 15 is 0 Å². The topological polar surface area (TPSA) is 63.6 Å². The zero-order valence-electron chi connectivity index (χ0n) is 11.2. The van der Waals surface area contributed by atoms with Crippen LogP contribution in [-0.4, -0.2) is 17.4 Å². The van der Waals surface area contributed by atoms with E-state index < -0.39 is 5.97 Å². The zero-order chi connectivity index (χ0) is 15.1. The number of aldehydes is 1. The Labute approximate surface area is 122 Å². The van der Waals surface area contributed by atoms with Gasteiger partial charge < -0.3 is 9.84 Å². The van der Waals surface area contributed by atoms with Gasteiger partial charge >= 0.3 is 5.97 Å². The van der Waals surface area contributed by atoms with Gasteiger partial charge in [0.2, 0.25) is 0 Å². The second kappa shape index (κ2) is 7.05. The van der Waals surface area contributed by atoms with E-state index in [2.05, 4.69) is 0 Å². The fourth-order valence-corrected chi connectivity index (χ4v) is 1.85. The van der Waals surface area contributed by atoms with Crippen LogP contribution in [0, 0.1) is 0 Å². The van der Waals surface area contributed by atoms with Crippen LogP contribution in [0.3, 0.4) is 0 Å². The molecule has 1 N–H and O–H groups in total. The lowest BCUT2D eigenvalue weighted by atomic mass is 10.1. The first-order valence-corrected chi connectivity index (χ1v) is 6.36. The Morgan fingerprint density at radius 1 is 1.10 bits per heavy atom. The Hall–Kier alpha value is -2.88. The smallest absolute Gasteiger partial charge is 0.328 e. The highest BCUT2D eigenvalue weighted by atomic mass is 16.5. The average Bonchev–Trinajstić information content (AvgIpc) is 2.51. The number of rotatable bonds is 6. The molecule has 0 aromatic heterocycles. The first kappa shape index (κ1) is 14.5. The van der Waals surface area contributed by atoms with Gasteiger partial charge in [-0.2, -0.15) is 0 Å². The van der Waals surface area contributed by atoms with E-state index in [1.165, 1.54) is 6.08 Å². The average molecular weight is 282 g/mol. The third kappa shape index (κ3) is 4.04. The van der Waals surface area contributed by atoms with Crippen molar-refractivity contribution in [2.75, 3.05) is 0 Å². The number of aliphatic carboxylic acids is 1. The van der Waals surface area contributed by atoms with E-state index in [1.54, 1.807) is 18.2 Å². The molecule has 0 atom stereocenters. The van der Waals surface area contributed by atoms with Crippen LogP contribution in [0.4, 0.5) is 0 Å². The van der Waals surface area contributed by atoms with E-state index in [-0.39, 0.29) is 0 Å². The first-order valence-electron chi connectivity index (χ1n) is 6.36. The van der Waals surface area contributed by atoms with E-state index in [4.69, 9.17) is 9.84 Å². The van der Waals surface area contributed by atoms with E-state index in [1.807, 2.05) is 30.3 Å². The maximum Gasteiger partial charge on any atom is 0.328 e. The van der Waals surface area contributed by atoms with Gasteiger partial charge in [-0.25, -0.2) is 4.79 Å². The summed E-state index contributed by atoms with van der Waals surface area (Å²) in [5.74, 6) is -0.635. The summed E-state index contributed by atoms with van der Waals surface area (Å²) < 4.78 is 5.65. The van der Waals surface area contributed by atoms with Crippen LogP contribution in [0.2, 0.25) is 0 Å². The molecular formula is C17H14O4. The Balaban J connectivity index is 2.21. The Morgan fingerprint density at radius 2 is 1.86 bits per heavy atom. The number of benzene rings is 2. The van der Waals surface area contributed by atoms with Crippen LogP contribution < -0.4 is 4.74 Å². The molecule has 21 heavy (non-hydrogen) atoms. The molecule has 0 fully saturated rings. The second-order valence-electron chi connectivity index (χ2n) is 4.32. The Kier molecular flexibility index (Phi) is 4.88. The number of carbonyl (C=O) groups excluding carboxylic acids is 1. The monoisotopic (exact) mass is 282 g/mol. The SMILES string of the molecule is O=Cc1c(/C=C/C(=O)O)cccc1OCc1ccccc1. The van der Waals surface area contributed by atoms with Crippen LogP contribution in [0.25, 0.3) is 6.08 Å². The van der Waals surface area contributed by atoms with Gasteiger partial charge in [-0.3, -0.25) is 4.79 Å². The maximum atomic E-state index is 11.2. The van der Waals surface area contributed by atoms with Gasteiger partial charge in [-0.05, 0) is 23.3 Å². The summed E-state index contributed by atoms with van der Waals surface area (Å²) in [6.07, 6.45) is 3.03. The van der Waals surface area contributed by atoms with Crippen molar-refractivity contribution in [2.45, 2.75) is 6.61 Å². The number of carboxylic acids is 1. The standard InChI is InChI=1S/C17H14O4/c18-11-15-14(9-10-17(19)20)7-4-8-16(15)21-12-13-5-2-1-3-6-13/h1-11H,12H2,(H,19,20)/b10-9+. The molecule has 0 aliphatic rings. The number of carbonyl (C=O) groups is 2. The van der Waals surface area contributed by atoms with Gasteiger partial charge in [0.25, 0.3) is 0 Å².